The fourth-order valence-corrected chi connectivity index (χ4v) is 3.00. The van der Waals surface area contributed by atoms with Crippen molar-refractivity contribution < 1.29 is 10.2 Å². The van der Waals surface area contributed by atoms with Crippen LogP contribution in [0.1, 0.15) is 18.1 Å². The average molecular weight is 342 g/mol. The topological polar surface area (TPSA) is 52.5 Å². The Bertz CT molecular complexity index is 540. The van der Waals surface area contributed by atoms with Crippen molar-refractivity contribution in [2.75, 3.05) is 6.54 Å². The van der Waals surface area contributed by atoms with Crippen LogP contribution >= 0.6 is 27.3 Å². The number of halogens is 1. The van der Waals surface area contributed by atoms with E-state index in [1.54, 1.807) is 30.4 Å². The van der Waals surface area contributed by atoms with Crippen LogP contribution in [-0.4, -0.2) is 16.8 Å². The van der Waals surface area contributed by atoms with Crippen molar-refractivity contribution in [1.82, 2.24) is 5.32 Å². The lowest BCUT2D eigenvalue weighted by Gasteiger charge is -2.23. The number of thiophene rings is 1. The Labute approximate surface area is 125 Å². The van der Waals surface area contributed by atoms with Gasteiger partial charge < -0.3 is 15.5 Å². The molecule has 0 bridgehead atoms. The third-order valence-electron chi connectivity index (χ3n) is 2.97. The van der Waals surface area contributed by atoms with Crippen LogP contribution in [0.5, 0.6) is 5.75 Å². The lowest BCUT2D eigenvalue weighted by Crippen LogP contribution is -2.34. The molecule has 1 unspecified atom stereocenters. The molecular formula is C14H16BrNO2S. The number of nitrogens with one attached hydrogen (secondary N) is 1. The van der Waals surface area contributed by atoms with Crippen molar-refractivity contribution in [2.24, 2.45) is 0 Å². The Morgan fingerprint density at radius 3 is 2.84 bits per heavy atom. The molecule has 0 radical (unpaired) electrons. The van der Waals surface area contributed by atoms with Gasteiger partial charge in [-0.3, -0.25) is 0 Å². The molecule has 0 fully saturated rings. The van der Waals surface area contributed by atoms with Gasteiger partial charge >= 0.3 is 0 Å². The predicted molar refractivity (Wildman–Crippen MR) is 81.4 cm³/mol. The summed E-state index contributed by atoms with van der Waals surface area (Å²) in [4.78, 5) is 0. The fourth-order valence-electron chi connectivity index (χ4n) is 1.81. The van der Waals surface area contributed by atoms with Gasteiger partial charge in [0.05, 0.1) is 5.60 Å². The summed E-state index contributed by atoms with van der Waals surface area (Å²) in [6.07, 6.45) is 0. The van der Waals surface area contributed by atoms with Crippen LogP contribution in [0.25, 0.3) is 0 Å². The van der Waals surface area contributed by atoms with Crippen LogP contribution in [0.15, 0.2) is 39.5 Å². The van der Waals surface area contributed by atoms with E-state index in [0.717, 1.165) is 15.6 Å². The summed E-state index contributed by atoms with van der Waals surface area (Å²) in [7, 11) is 0. The second-order valence-electron chi connectivity index (χ2n) is 4.66. The zero-order valence-corrected chi connectivity index (χ0v) is 13.0. The van der Waals surface area contributed by atoms with E-state index in [-0.39, 0.29) is 5.75 Å². The lowest BCUT2D eigenvalue weighted by atomic mass is 9.99. The van der Waals surface area contributed by atoms with E-state index in [9.17, 15) is 10.2 Å². The van der Waals surface area contributed by atoms with E-state index in [1.807, 2.05) is 22.9 Å². The Morgan fingerprint density at radius 1 is 1.37 bits per heavy atom. The Kier molecular flexibility index (Phi) is 4.62. The van der Waals surface area contributed by atoms with E-state index in [1.165, 1.54) is 0 Å². The number of hydrogen-bond donors (Lipinski definition) is 3. The first-order valence-corrected chi connectivity index (χ1v) is 7.66. The van der Waals surface area contributed by atoms with Gasteiger partial charge in [0.1, 0.15) is 5.75 Å². The van der Waals surface area contributed by atoms with E-state index >= 15 is 0 Å². The summed E-state index contributed by atoms with van der Waals surface area (Å²) < 4.78 is 0.923. The molecule has 0 aliphatic carbocycles. The predicted octanol–water partition coefficient (Wildman–Crippen LogP) is 3.21. The molecule has 2 aromatic rings. The van der Waals surface area contributed by atoms with Crippen molar-refractivity contribution in [2.45, 2.75) is 19.1 Å². The van der Waals surface area contributed by atoms with Gasteiger partial charge in [-0.2, -0.15) is 11.3 Å². The first-order valence-electron chi connectivity index (χ1n) is 5.92. The number of rotatable bonds is 5. The molecule has 0 saturated heterocycles. The number of benzene rings is 1. The third-order valence-corrected chi connectivity index (χ3v) is 4.15. The Hall–Kier alpha value is -0.880. The molecule has 5 heteroatoms. The Balaban J connectivity index is 1.95. The standard InChI is InChI=1S/C14H16BrNO2S/c1-14(18,11-4-5-19-8-11)9-16-7-10-6-12(15)2-3-13(10)17/h2-6,8,16-18H,7,9H2,1H3. The highest BCUT2D eigenvalue weighted by Gasteiger charge is 2.22. The molecular weight excluding hydrogens is 326 g/mol. The molecule has 1 heterocycles. The molecule has 102 valence electrons. The number of phenols is 1. The SMILES string of the molecule is CC(O)(CNCc1cc(Br)ccc1O)c1ccsc1. The van der Waals surface area contributed by atoms with Gasteiger partial charge in [0.2, 0.25) is 0 Å². The maximum atomic E-state index is 10.3. The zero-order valence-electron chi connectivity index (χ0n) is 10.6. The summed E-state index contributed by atoms with van der Waals surface area (Å²) >= 11 is 4.94. The van der Waals surface area contributed by atoms with Crippen LogP contribution in [0, 0.1) is 0 Å². The van der Waals surface area contributed by atoms with Gasteiger partial charge in [-0.15, -0.1) is 0 Å². The van der Waals surface area contributed by atoms with Crippen molar-refractivity contribution in [3.63, 3.8) is 0 Å². The van der Waals surface area contributed by atoms with Crippen molar-refractivity contribution >= 4 is 27.3 Å². The van der Waals surface area contributed by atoms with Crippen molar-refractivity contribution in [3.8, 4) is 5.75 Å². The van der Waals surface area contributed by atoms with Crippen LogP contribution in [-0.2, 0) is 12.1 Å². The van der Waals surface area contributed by atoms with Gasteiger partial charge in [-0.25, -0.2) is 0 Å². The summed E-state index contributed by atoms with van der Waals surface area (Å²) in [5.74, 6) is 0.255. The van der Waals surface area contributed by atoms with Crippen LogP contribution in [0.2, 0.25) is 0 Å². The van der Waals surface area contributed by atoms with Gasteiger partial charge in [-0.05, 0) is 47.5 Å². The number of phenolic OH excluding ortho intramolecular Hbond substituents is 1. The monoisotopic (exact) mass is 341 g/mol. The number of hydrogen-bond acceptors (Lipinski definition) is 4. The molecule has 0 amide bonds. The van der Waals surface area contributed by atoms with E-state index < -0.39 is 5.60 Å². The molecule has 0 saturated carbocycles. The van der Waals surface area contributed by atoms with Gasteiger partial charge in [0, 0.05) is 23.1 Å². The third kappa shape index (κ3) is 3.79. The molecule has 3 N–H and O–H groups in total. The lowest BCUT2D eigenvalue weighted by molar-refractivity contribution is 0.0570. The van der Waals surface area contributed by atoms with Crippen molar-refractivity contribution in [1.29, 1.82) is 0 Å². The molecule has 1 aromatic carbocycles. The largest absolute Gasteiger partial charge is 0.508 e. The molecule has 0 aliphatic heterocycles. The first kappa shape index (κ1) is 14.5. The smallest absolute Gasteiger partial charge is 0.120 e. The van der Waals surface area contributed by atoms with Crippen LogP contribution in [0.3, 0.4) is 0 Å². The molecule has 1 atom stereocenters. The minimum absolute atomic E-state index is 0.255. The Morgan fingerprint density at radius 2 is 2.16 bits per heavy atom. The van der Waals surface area contributed by atoms with Gasteiger partial charge in [0.25, 0.3) is 0 Å². The van der Waals surface area contributed by atoms with E-state index in [2.05, 4.69) is 21.2 Å². The average Bonchev–Trinajstić information content (AvgIpc) is 2.88. The molecule has 3 nitrogen and oxygen atoms in total. The molecule has 0 aliphatic rings. The molecule has 19 heavy (non-hydrogen) atoms. The van der Waals surface area contributed by atoms with Crippen molar-refractivity contribution in [3.05, 3.63) is 50.6 Å². The fraction of sp³-hybridized carbons (Fsp3) is 0.286. The minimum Gasteiger partial charge on any atom is -0.508 e. The second kappa shape index (κ2) is 6.05. The van der Waals surface area contributed by atoms with E-state index in [0.29, 0.717) is 13.1 Å². The van der Waals surface area contributed by atoms with Crippen LogP contribution in [0.4, 0.5) is 0 Å². The van der Waals surface area contributed by atoms with Gasteiger partial charge in [-0.1, -0.05) is 15.9 Å². The number of aromatic hydroxyl groups is 1. The second-order valence-corrected chi connectivity index (χ2v) is 6.36. The zero-order chi connectivity index (χ0) is 13.9. The highest BCUT2D eigenvalue weighted by molar-refractivity contribution is 9.10. The molecule has 1 aromatic heterocycles. The minimum atomic E-state index is -0.901. The van der Waals surface area contributed by atoms with E-state index in [4.69, 9.17) is 0 Å². The summed E-state index contributed by atoms with van der Waals surface area (Å²) in [5.41, 5.74) is 0.806. The highest BCUT2D eigenvalue weighted by Crippen LogP contribution is 2.24. The summed E-state index contributed by atoms with van der Waals surface area (Å²) in [5, 5.41) is 27.1. The van der Waals surface area contributed by atoms with Crippen LogP contribution < -0.4 is 5.32 Å². The summed E-state index contributed by atoms with van der Waals surface area (Å²) in [6, 6.07) is 7.23. The highest BCUT2D eigenvalue weighted by atomic mass is 79.9. The quantitative estimate of drug-likeness (QED) is 0.782. The first-order chi connectivity index (χ1) is 8.99. The number of aliphatic hydroxyl groups is 1. The summed E-state index contributed by atoms with van der Waals surface area (Å²) in [6.45, 7) is 2.71. The normalized spacial score (nSPS) is 14.3. The maximum Gasteiger partial charge on any atom is 0.120 e. The van der Waals surface area contributed by atoms with Gasteiger partial charge in [0.15, 0.2) is 0 Å². The maximum absolute atomic E-state index is 10.3. The molecule has 0 spiro atoms. The molecule has 2 rings (SSSR count).